The van der Waals surface area contributed by atoms with Crippen LogP contribution in [0, 0.1) is 11.8 Å². The number of rotatable bonds is 2. The number of amides is 1. The highest BCUT2D eigenvalue weighted by atomic mass is 35.5. The number of aliphatic hydroxyl groups excluding tert-OH is 1. The van der Waals surface area contributed by atoms with E-state index in [0.29, 0.717) is 37.0 Å². The highest BCUT2D eigenvalue weighted by molar-refractivity contribution is 7.87. The monoisotopic (exact) mass is 657 g/mol. The van der Waals surface area contributed by atoms with Crippen molar-refractivity contribution < 1.29 is 27.8 Å². The van der Waals surface area contributed by atoms with Crippen molar-refractivity contribution in [1.29, 1.82) is 0 Å². The van der Waals surface area contributed by atoms with Crippen LogP contribution < -0.4 is 14.4 Å². The van der Waals surface area contributed by atoms with Gasteiger partial charge in [0.2, 0.25) is 0 Å². The van der Waals surface area contributed by atoms with E-state index in [9.17, 15) is 18.3 Å². The second-order valence-electron chi connectivity index (χ2n) is 12.9. The first-order valence-corrected chi connectivity index (χ1v) is 18.1. The first-order valence-electron chi connectivity index (χ1n) is 16.3. The van der Waals surface area contributed by atoms with Gasteiger partial charge >= 0.3 is 10.2 Å². The summed E-state index contributed by atoms with van der Waals surface area (Å²) in [6.07, 6.45) is 9.59. The van der Waals surface area contributed by atoms with Crippen LogP contribution in [-0.2, 0) is 28.0 Å². The van der Waals surface area contributed by atoms with Crippen LogP contribution >= 0.6 is 11.6 Å². The number of hydrogen-bond donors (Lipinski definition) is 2. The summed E-state index contributed by atoms with van der Waals surface area (Å²) in [5, 5.41) is 11.9. The summed E-state index contributed by atoms with van der Waals surface area (Å²) in [5.74, 6) is 0.328. The summed E-state index contributed by atoms with van der Waals surface area (Å²) < 4.78 is 43.4. The van der Waals surface area contributed by atoms with Crippen LogP contribution in [0.25, 0.3) is 0 Å². The molecule has 3 heterocycles. The number of carbonyl (C=O) groups is 1. The molecule has 2 fully saturated rings. The molecule has 2 aromatic rings. The molecule has 0 aromatic heterocycles. The summed E-state index contributed by atoms with van der Waals surface area (Å²) in [7, 11) is -4.21. The molecule has 3 aliphatic heterocycles. The number of aliphatic hydroxyl groups is 1. The van der Waals surface area contributed by atoms with Crippen molar-refractivity contribution >= 4 is 33.4 Å². The van der Waals surface area contributed by atoms with Crippen LogP contribution in [0.3, 0.4) is 0 Å². The van der Waals surface area contributed by atoms with Gasteiger partial charge < -0.3 is 19.5 Å². The van der Waals surface area contributed by atoms with Crippen molar-refractivity contribution in [2.45, 2.75) is 83.1 Å². The SMILES string of the molecule is C[C@H]1C/C=C/C(O)[C@@H]2CC[C@H]2CN2CCCCc3cc(Cl)ccc3COc3ccc(cc32)C(=O)NS(=O)(=O)N1C[C@@H]1CCCO1. The maximum atomic E-state index is 13.7. The lowest BCUT2D eigenvalue weighted by Gasteiger charge is -2.42. The number of hydrogen-bond acceptors (Lipinski definition) is 7. The number of ether oxygens (including phenoxy) is 2. The quantitative estimate of drug-likeness (QED) is 0.425. The summed E-state index contributed by atoms with van der Waals surface area (Å²) in [4.78, 5) is 15.9. The fraction of sp³-hybridized carbons (Fsp3) is 0.559. The summed E-state index contributed by atoms with van der Waals surface area (Å²) in [6.45, 7) is 4.37. The minimum absolute atomic E-state index is 0.108. The van der Waals surface area contributed by atoms with Gasteiger partial charge in [0.05, 0.1) is 17.9 Å². The van der Waals surface area contributed by atoms with Crippen molar-refractivity contribution in [1.82, 2.24) is 9.03 Å². The number of halogens is 1. The molecule has 5 atom stereocenters. The van der Waals surface area contributed by atoms with Gasteiger partial charge in [-0.15, -0.1) is 0 Å². The molecule has 2 N–H and O–H groups in total. The van der Waals surface area contributed by atoms with Crippen LogP contribution in [0.4, 0.5) is 5.69 Å². The molecule has 1 aliphatic carbocycles. The lowest BCUT2D eigenvalue weighted by atomic mass is 9.70. The molecule has 6 rings (SSSR count). The molecule has 244 valence electrons. The molecule has 1 saturated heterocycles. The van der Waals surface area contributed by atoms with Gasteiger partial charge in [-0.25, -0.2) is 4.72 Å². The molecular weight excluding hydrogens is 614 g/mol. The minimum atomic E-state index is -4.21. The van der Waals surface area contributed by atoms with E-state index in [1.54, 1.807) is 18.2 Å². The zero-order chi connectivity index (χ0) is 31.6. The number of fused-ring (bicyclic) bond motifs is 3. The Labute approximate surface area is 271 Å². The number of nitrogens with one attached hydrogen (secondary N) is 1. The fourth-order valence-corrected chi connectivity index (χ4v) is 8.63. The van der Waals surface area contributed by atoms with Gasteiger partial charge in [-0.2, -0.15) is 12.7 Å². The maximum absolute atomic E-state index is 13.7. The largest absolute Gasteiger partial charge is 0.487 e. The third kappa shape index (κ3) is 7.52. The van der Waals surface area contributed by atoms with E-state index in [0.717, 1.165) is 62.7 Å². The zero-order valence-electron chi connectivity index (χ0n) is 25.9. The standard InChI is InChI=1S/C34H44ClN3O6S/c1-23-6-4-9-32(39)30-14-11-26(30)20-37-16-3-2-7-24-18-28(35)13-10-27(24)22-44-33-15-12-25(19-31(33)37)34(40)36-45(41,42)38(23)21-29-8-5-17-43-29/h4,9-10,12-13,15,18-19,23,26,29-30,32,39H,2-3,5-8,11,14,16-17,20-22H2,1H3,(H,36,40)/b9-4+/t23-,26-,29-,30+,32?/m0/s1. The molecule has 11 heteroatoms. The van der Waals surface area contributed by atoms with Crippen LogP contribution in [0.5, 0.6) is 5.75 Å². The summed E-state index contributed by atoms with van der Waals surface area (Å²) in [6, 6.07) is 10.6. The topological polar surface area (TPSA) is 108 Å². The number of anilines is 1. The van der Waals surface area contributed by atoms with Gasteiger partial charge in [-0.3, -0.25) is 4.79 Å². The second kappa shape index (κ2) is 14.0. The van der Waals surface area contributed by atoms with E-state index in [-0.39, 0.29) is 30.0 Å². The Hall–Kier alpha value is -2.63. The maximum Gasteiger partial charge on any atom is 0.304 e. The van der Waals surface area contributed by atoms with E-state index in [1.807, 2.05) is 37.3 Å². The molecule has 4 aliphatic rings. The molecule has 0 radical (unpaired) electrons. The Kier molecular flexibility index (Phi) is 10.1. The minimum Gasteiger partial charge on any atom is -0.487 e. The van der Waals surface area contributed by atoms with Gasteiger partial charge in [-0.1, -0.05) is 29.8 Å². The van der Waals surface area contributed by atoms with E-state index in [1.165, 1.54) is 9.87 Å². The third-order valence-electron chi connectivity index (χ3n) is 9.85. The lowest BCUT2D eigenvalue weighted by Crippen LogP contribution is -2.50. The molecule has 2 bridgehead atoms. The average molecular weight is 658 g/mol. The average Bonchev–Trinajstić information content (AvgIpc) is 3.50. The number of aryl methyl sites for hydroxylation is 1. The highest BCUT2D eigenvalue weighted by Gasteiger charge is 2.38. The molecule has 2 aromatic carbocycles. The Morgan fingerprint density at radius 2 is 1.93 bits per heavy atom. The first kappa shape index (κ1) is 32.3. The van der Waals surface area contributed by atoms with E-state index >= 15 is 0 Å². The van der Waals surface area contributed by atoms with Crippen LogP contribution in [0.1, 0.15) is 73.4 Å². The predicted octanol–water partition coefficient (Wildman–Crippen LogP) is 5.25. The molecular formula is C34H44ClN3O6S. The van der Waals surface area contributed by atoms with E-state index < -0.39 is 28.3 Å². The molecule has 0 spiro atoms. The van der Waals surface area contributed by atoms with Crippen molar-refractivity contribution in [3.63, 3.8) is 0 Å². The second-order valence-corrected chi connectivity index (χ2v) is 15.0. The lowest BCUT2D eigenvalue weighted by molar-refractivity contribution is 0.0460. The smallest absolute Gasteiger partial charge is 0.304 e. The van der Waals surface area contributed by atoms with Gasteiger partial charge in [-0.05, 0) is 112 Å². The fourth-order valence-electron chi connectivity index (χ4n) is 7.05. The third-order valence-corrected chi connectivity index (χ3v) is 11.7. The van der Waals surface area contributed by atoms with Crippen LogP contribution in [0.15, 0.2) is 48.6 Å². The Morgan fingerprint density at radius 3 is 2.71 bits per heavy atom. The Bertz CT molecular complexity index is 1510. The van der Waals surface area contributed by atoms with Crippen molar-refractivity contribution in [3.8, 4) is 5.75 Å². The van der Waals surface area contributed by atoms with Crippen LogP contribution in [0.2, 0.25) is 5.02 Å². The zero-order valence-corrected chi connectivity index (χ0v) is 27.4. The van der Waals surface area contributed by atoms with Crippen molar-refractivity contribution in [3.05, 3.63) is 70.3 Å². The molecule has 9 nitrogen and oxygen atoms in total. The van der Waals surface area contributed by atoms with Gasteiger partial charge in [0.15, 0.2) is 0 Å². The van der Waals surface area contributed by atoms with E-state index in [2.05, 4.69) is 9.62 Å². The van der Waals surface area contributed by atoms with E-state index in [4.69, 9.17) is 21.1 Å². The number of nitrogens with zero attached hydrogens (tertiary/aromatic N) is 2. The van der Waals surface area contributed by atoms with Crippen molar-refractivity contribution in [2.24, 2.45) is 11.8 Å². The van der Waals surface area contributed by atoms with Gasteiger partial charge in [0.25, 0.3) is 5.91 Å². The molecule has 1 unspecified atom stereocenters. The Balaban J connectivity index is 1.36. The van der Waals surface area contributed by atoms with Crippen LogP contribution in [-0.4, -0.2) is 68.2 Å². The highest BCUT2D eigenvalue weighted by Crippen LogP contribution is 2.41. The summed E-state index contributed by atoms with van der Waals surface area (Å²) in [5.41, 5.74) is 3.23. The molecule has 1 saturated carbocycles. The molecule has 1 amide bonds. The number of benzene rings is 2. The van der Waals surface area contributed by atoms with Gasteiger partial charge in [0, 0.05) is 42.9 Å². The Morgan fingerprint density at radius 1 is 1.07 bits per heavy atom. The predicted molar refractivity (Wildman–Crippen MR) is 175 cm³/mol. The number of carbonyl (C=O) groups excluding carboxylic acids is 1. The van der Waals surface area contributed by atoms with Crippen molar-refractivity contribution in [2.75, 3.05) is 31.1 Å². The first-order chi connectivity index (χ1) is 21.7. The normalized spacial score (nSPS) is 30.1. The molecule has 45 heavy (non-hydrogen) atoms. The summed E-state index contributed by atoms with van der Waals surface area (Å²) >= 11 is 6.32. The van der Waals surface area contributed by atoms with Gasteiger partial charge in [0.1, 0.15) is 12.4 Å².